The molecule has 0 spiro atoms. The maximum absolute atomic E-state index is 12.9. The summed E-state index contributed by atoms with van der Waals surface area (Å²) in [5, 5.41) is 11.3. The predicted octanol–water partition coefficient (Wildman–Crippen LogP) is 1.73. The van der Waals surface area contributed by atoms with Crippen LogP contribution >= 0.6 is 0 Å². The second-order valence-electron chi connectivity index (χ2n) is 6.12. The Kier molecular flexibility index (Phi) is 4.94. The predicted molar refractivity (Wildman–Crippen MR) is 86.3 cm³/mol. The molecule has 1 aromatic heterocycles. The number of rotatable bonds is 4. The van der Waals surface area contributed by atoms with Crippen LogP contribution in [0.1, 0.15) is 25.2 Å². The Labute approximate surface area is 148 Å². The fourth-order valence-electron chi connectivity index (χ4n) is 3.00. The molecule has 26 heavy (non-hydrogen) atoms. The fourth-order valence-corrected chi connectivity index (χ4v) is 3.00. The lowest BCUT2D eigenvalue weighted by Gasteiger charge is -2.38. The molecule has 1 unspecified atom stereocenters. The molecule has 1 saturated heterocycles. The standard InChI is InChI=1S/C16H19F3N6O/c1-3-23-7-8-24(11(2)15(23)26)10-14-20-21-22-25(14)13-6-4-5-12(9-13)16(17,18)19/h4-6,9,11H,3,7-8,10H2,1-2H3. The number of carbonyl (C=O) groups is 1. The van der Waals surface area contributed by atoms with Gasteiger partial charge in [0.05, 0.1) is 23.8 Å². The largest absolute Gasteiger partial charge is 0.416 e. The fraction of sp³-hybridized carbons (Fsp3) is 0.500. The lowest BCUT2D eigenvalue weighted by atomic mass is 10.1. The molecular formula is C16H19F3N6O. The lowest BCUT2D eigenvalue weighted by Crippen LogP contribution is -2.55. The Morgan fingerprint density at radius 1 is 1.27 bits per heavy atom. The molecule has 1 amide bonds. The van der Waals surface area contributed by atoms with Crippen LogP contribution in [0.2, 0.25) is 0 Å². The summed E-state index contributed by atoms with van der Waals surface area (Å²) >= 11 is 0. The zero-order chi connectivity index (χ0) is 18.9. The molecule has 1 fully saturated rings. The van der Waals surface area contributed by atoms with Crippen molar-refractivity contribution in [2.75, 3.05) is 19.6 Å². The van der Waals surface area contributed by atoms with Gasteiger partial charge >= 0.3 is 6.18 Å². The third-order valence-corrected chi connectivity index (χ3v) is 4.55. The molecule has 2 aromatic rings. The topological polar surface area (TPSA) is 67.2 Å². The number of halogens is 3. The molecule has 1 aromatic carbocycles. The maximum Gasteiger partial charge on any atom is 0.416 e. The van der Waals surface area contributed by atoms with E-state index in [-0.39, 0.29) is 24.2 Å². The molecule has 10 heteroatoms. The van der Waals surface area contributed by atoms with E-state index in [4.69, 9.17) is 0 Å². The summed E-state index contributed by atoms with van der Waals surface area (Å²) < 4.78 is 40.1. The Bertz CT molecular complexity index is 790. The van der Waals surface area contributed by atoms with Crippen LogP contribution in [0.3, 0.4) is 0 Å². The van der Waals surface area contributed by atoms with Crippen molar-refractivity contribution in [2.24, 2.45) is 0 Å². The first kappa shape index (κ1) is 18.3. The second kappa shape index (κ2) is 7.02. The first-order chi connectivity index (χ1) is 12.3. The molecule has 0 aliphatic carbocycles. The summed E-state index contributed by atoms with van der Waals surface area (Å²) in [6.45, 7) is 5.91. The minimum Gasteiger partial charge on any atom is -0.340 e. The first-order valence-corrected chi connectivity index (χ1v) is 8.29. The Morgan fingerprint density at radius 3 is 2.73 bits per heavy atom. The minimum atomic E-state index is -4.44. The second-order valence-corrected chi connectivity index (χ2v) is 6.12. The average Bonchev–Trinajstić information content (AvgIpc) is 3.07. The van der Waals surface area contributed by atoms with Gasteiger partial charge in [0.2, 0.25) is 5.91 Å². The zero-order valence-corrected chi connectivity index (χ0v) is 14.4. The molecular weight excluding hydrogens is 349 g/mol. The number of piperazine rings is 1. The molecule has 0 N–H and O–H groups in total. The van der Waals surface area contributed by atoms with Crippen molar-refractivity contribution < 1.29 is 18.0 Å². The maximum atomic E-state index is 12.9. The SMILES string of the molecule is CCN1CCN(Cc2nnnn2-c2cccc(C(F)(F)F)c2)C(C)C1=O. The van der Waals surface area contributed by atoms with Crippen molar-refractivity contribution in [1.82, 2.24) is 30.0 Å². The van der Waals surface area contributed by atoms with Crippen molar-refractivity contribution in [3.63, 3.8) is 0 Å². The van der Waals surface area contributed by atoms with Crippen molar-refractivity contribution >= 4 is 5.91 Å². The number of hydrogen-bond donors (Lipinski definition) is 0. The number of amides is 1. The molecule has 0 saturated carbocycles. The van der Waals surface area contributed by atoms with Crippen molar-refractivity contribution in [1.29, 1.82) is 0 Å². The van der Waals surface area contributed by atoms with Crippen LogP contribution in [0.25, 0.3) is 5.69 Å². The summed E-state index contributed by atoms with van der Waals surface area (Å²) in [6, 6.07) is 4.49. The van der Waals surface area contributed by atoms with Crippen LogP contribution in [0.5, 0.6) is 0 Å². The summed E-state index contributed by atoms with van der Waals surface area (Å²) in [7, 11) is 0. The summed E-state index contributed by atoms with van der Waals surface area (Å²) in [5.74, 6) is 0.408. The minimum absolute atomic E-state index is 0.0249. The highest BCUT2D eigenvalue weighted by molar-refractivity contribution is 5.82. The number of tetrazole rings is 1. The molecule has 1 aliphatic heterocycles. The molecule has 1 atom stereocenters. The van der Waals surface area contributed by atoms with Crippen LogP contribution < -0.4 is 0 Å². The van der Waals surface area contributed by atoms with Gasteiger partial charge in [0, 0.05) is 19.6 Å². The number of aromatic nitrogens is 4. The highest BCUT2D eigenvalue weighted by Crippen LogP contribution is 2.30. The third-order valence-electron chi connectivity index (χ3n) is 4.55. The summed E-state index contributed by atoms with van der Waals surface area (Å²) in [6.07, 6.45) is -4.44. The Morgan fingerprint density at radius 2 is 2.04 bits per heavy atom. The molecule has 1 aliphatic rings. The highest BCUT2D eigenvalue weighted by atomic mass is 19.4. The van der Waals surface area contributed by atoms with Crippen LogP contribution in [-0.4, -0.2) is 61.6 Å². The van der Waals surface area contributed by atoms with Crippen LogP contribution in [0.4, 0.5) is 13.2 Å². The molecule has 0 radical (unpaired) electrons. The summed E-state index contributed by atoms with van der Waals surface area (Å²) in [4.78, 5) is 16.0. The number of likely N-dealkylation sites (N-methyl/N-ethyl adjacent to an activating group) is 1. The van der Waals surface area contributed by atoms with Crippen molar-refractivity contribution in [3.05, 3.63) is 35.7 Å². The van der Waals surface area contributed by atoms with Gasteiger partial charge < -0.3 is 4.90 Å². The van der Waals surface area contributed by atoms with E-state index in [1.165, 1.54) is 16.8 Å². The zero-order valence-electron chi connectivity index (χ0n) is 14.4. The number of alkyl halides is 3. The van der Waals surface area contributed by atoms with E-state index in [2.05, 4.69) is 15.5 Å². The van der Waals surface area contributed by atoms with Gasteiger partial charge in [-0.05, 0) is 42.5 Å². The van der Waals surface area contributed by atoms with E-state index in [1.807, 2.05) is 18.7 Å². The quantitative estimate of drug-likeness (QED) is 0.822. The number of benzene rings is 1. The third kappa shape index (κ3) is 3.55. The number of hydrogen-bond acceptors (Lipinski definition) is 5. The molecule has 2 heterocycles. The van der Waals surface area contributed by atoms with Crippen LogP contribution in [-0.2, 0) is 17.5 Å². The monoisotopic (exact) mass is 368 g/mol. The van der Waals surface area contributed by atoms with Gasteiger partial charge in [-0.25, -0.2) is 0 Å². The number of carbonyl (C=O) groups excluding carboxylic acids is 1. The van der Waals surface area contributed by atoms with Gasteiger partial charge in [-0.2, -0.15) is 17.9 Å². The van der Waals surface area contributed by atoms with Gasteiger partial charge in [-0.3, -0.25) is 9.69 Å². The van der Waals surface area contributed by atoms with Gasteiger partial charge in [0.25, 0.3) is 0 Å². The van der Waals surface area contributed by atoms with Gasteiger partial charge in [-0.1, -0.05) is 6.07 Å². The normalized spacial score (nSPS) is 19.2. The Balaban J connectivity index is 1.83. The highest BCUT2D eigenvalue weighted by Gasteiger charge is 2.32. The average molecular weight is 368 g/mol. The van der Waals surface area contributed by atoms with E-state index in [9.17, 15) is 18.0 Å². The number of nitrogens with zero attached hydrogens (tertiary/aromatic N) is 6. The smallest absolute Gasteiger partial charge is 0.340 e. The van der Waals surface area contributed by atoms with E-state index in [0.717, 1.165) is 12.1 Å². The molecule has 140 valence electrons. The van der Waals surface area contributed by atoms with E-state index in [0.29, 0.717) is 25.5 Å². The van der Waals surface area contributed by atoms with E-state index >= 15 is 0 Å². The molecule has 3 rings (SSSR count). The lowest BCUT2D eigenvalue weighted by molar-refractivity contribution is -0.141. The van der Waals surface area contributed by atoms with E-state index in [1.54, 1.807) is 4.90 Å². The first-order valence-electron chi connectivity index (χ1n) is 8.29. The van der Waals surface area contributed by atoms with E-state index < -0.39 is 11.7 Å². The van der Waals surface area contributed by atoms with Crippen molar-refractivity contribution in [2.45, 2.75) is 32.6 Å². The van der Waals surface area contributed by atoms with Gasteiger partial charge in [0.1, 0.15) is 0 Å². The Hall–Kier alpha value is -2.49. The van der Waals surface area contributed by atoms with Gasteiger partial charge in [0.15, 0.2) is 5.82 Å². The molecule has 0 bridgehead atoms. The van der Waals surface area contributed by atoms with Crippen molar-refractivity contribution in [3.8, 4) is 5.69 Å². The molecule has 7 nitrogen and oxygen atoms in total. The van der Waals surface area contributed by atoms with Gasteiger partial charge in [-0.15, -0.1) is 5.10 Å². The summed E-state index contributed by atoms with van der Waals surface area (Å²) in [5.41, 5.74) is -0.539. The van der Waals surface area contributed by atoms with Crippen LogP contribution in [0.15, 0.2) is 24.3 Å². The van der Waals surface area contributed by atoms with Crippen LogP contribution in [0, 0.1) is 0 Å².